The van der Waals surface area contributed by atoms with E-state index in [0.717, 1.165) is 51.5 Å². The Hall–Kier alpha value is -2.68. The third-order valence-corrected chi connectivity index (χ3v) is 5.20. The van der Waals surface area contributed by atoms with E-state index in [1.807, 2.05) is 13.0 Å². The van der Waals surface area contributed by atoms with Gasteiger partial charge in [-0.25, -0.2) is 0 Å². The number of allylic oxidation sites excluding steroid dienone is 2. The van der Waals surface area contributed by atoms with Gasteiger partial charge >= 0.3 is 0 Å². The highest BCUT2D eigenvalue weighted by atomic mass is 16.5. The van der Waals surface area contributed by atoms with Crippen molar-refractivity contribution in [2.24, 2.45) is 0 Å². The standard InChI is InChI=1S/C23H25NO2/c1-14(2)6-5-8-23(4)9-7-16-11-18-17-10-15(3)21(25)12-19(17)24-20(18)13-22(16)26-23/h6-7,9-13,24-25H,5,8H2,1-4H3/t23-/m0/s1. The van der Waals surface area contributed by atoms with Gasteiger partial charge in [-0.15, -0.1) is 0 Å². The molecular weight excluding hydrogens is 322 g/mol. The van der Waals surface area contributed by atoms with Crippen molar-refractivity contribution in [1.82, 2.24) is 4.98 Å². The number of aromatic amines is 1. The lowest BCUT2D eigenvalue weighted by atomic mass is 9.94. The number of ether oxygens (including phenoxy) is 1. The molecule has 0 fully saturated rings. The van der Waals surface area contributed by atoms with Crippen LogP contribution < -0.4 is 4.74 Å². The summed E-state index contributed by atoms with van der Waals surface area (Å²) in [5.41, 5.74) is 5.02. The van der Waals surface area contributed by atoms with E-state index in [1.54, 1.807) is 6.07 Å². The average molecular weight is 347 g/mol. The Bertz CT molecular complexity index is 1070. The van der Waals surface area contributed by atoms with E-state index in [9.17, 15) is 5.11 Å². The SMILES string of the molecule is CC(C)=CCC[C@@]1(C)C=Cc2cc3c(cc2O1)[nH]c1cc(O)c(C)cc13. The minimum absolute atomic E-state index is 0.284. The van der Waals surface area contributed by atoms with Crippen LogP contribution in [0.2, 0.25) is 0 Å². The maximum absolute atomic E-state index is 9.98. The summed E-state index contributed by atoms with van der Waals surface area (Å²) in [5.74, 6) is 1.23. The van der Waals surface area contributed by atoms with Crippen LogP contribution in [0.3, 0.4) is 0 Å². The van der Waals surface area contributed by atoms with Crippen LogP contribution in [0.4, 0.5) is 0 Å². The summed E-state index contributed by atoms with van der Waals surface area (Å²) in [6, 6.07) is 8.09. The summed E-state index contributed by atoms with van der Waals surface area (Å²) in [5, 5.41) is 12.3. The first-order chi connectivity index (χ1) is 12.3. The number of nitrogens with one attached hydrogen (secondary N) is 1. The zero-order chi connectivity index (χ0) is 18.5. The van der Waals surface area contributed by atoms with E-state index in [2.05, 4.69) is 56.1 Å². The van der Waals surface area contributed by atoms with E-state index in [4.69, 9.17) is 4.74 Å². The minimum atomic E-state index is -0.284. The van der Waals surface area contributed by atoms with Crippen molar-refractivity contribution < 1.29 is 9.84 Å². The van der Waals surface area contributed by atoms with Crippen molar-refractivity contribution in [3.8, 4) is 11.5 Å². The van der Waals surface area contributed by atoms with Gasteiger partial charge in [-0.05, 0) is 64.3 Å². The molecule has 2 N–H and O–H groups in total. The number of aryl methyl sites for hydroxylation is 1. The first kappa shape index (κ1) is 16.8. The van der Waals surface area contributed by atoms with Crippen LogP contribution in [-0.4, -0.2) is 15.7 Å². The maximum Gasteiger partial charge on any atom is 0.129 e. The molecule has 4 rings (SSSR count). The van der Waals surface area contributed by atoms with Crippen molar-refractivity contribution in [1.29, 1.82) is 0 Å². The highest BCUT2D eigenvalue weighted by molar-refractivity contribution is 6.09. The van der Waals surface area contributed by atoms with Gasteiger partial charge in [-0.3, -0.25) is 0 Å². The van der Waals surface area contributed by atoms with Gasteiger partial charge in [-0.1, -0.05) is 17.7 Å². The van der Waals surface area contributed by atoms with Crippen LogP contribution in [0.5, 0.6) is 11.5 Å². The lowest BCUT2D eigenvalue weighted by Gasteiger charge is -2.31. The van der Waals surface area contributed by atoms with Gasteiger partial charge in [0, 0.05) is 28.5 Å². The number of aromatic nitrogens is 1. The molecule has 0 aliphatic carbocycles. The summed E-state index contributed by atoms with van der Waals surface area (Å²) in [4.78, 5) is 3.41. The first-order valence-corrected chi connectivity index (χ1v) is 9.15. The number of fused-ring (bicyclic) bond motifs is 4. The third-order valence-electron chi connectivity index (χ3n) is 5.20. The van der Waals surface area contributed by atoms with Crippen molar-refractivity contribution in [3.05, 3.63) is 53.1 Å². The minimum Gasteiger partial charge on any atom is -0.508 e. The zero-order valence-corrected chi connectivity index (χ0v) is 15.8. The second kappa shape index (κ2) is 5.94. The molecule has 1 atom stereocenters. The molecule has 2 heterocycles. The lowest BCUT2D eigenvalue weighted by Crippen LogP contribution is -2.31. The number of H-pyrrole nitrogens is 1. The fourth-order valence-electron chi connectivity index (χ4n) is 3.64. The Morgan fingerprint density at radius 1 is 1.15 bits per heavy atom. The highest BCUT2D eigenvalue weighted by Gasteiger charge is 2.27. The van der Waals surface area contributed by atoms with Gasteiger partial charge < -0.3 is 14.8 Å². The molecule has 1 aromatic heterocycles. The first-order valence-electron chi connectivity index (χ1n) is 9.15. The fourth-order valence-corrected chi connectivity index (χ4v) is 3.64. The third kappa shape index (κ3) is 2.88. The Morgan fingerprint density at radius 3 is 2.65 bits per heavy atom. The molecule has 0 unspecified atom stereocenters. The Kier molecular flexibility index (Phi) is 3.83. The second-order valence-electron chi connectivity index (χ2n) is 7.81. The largest absolute Gasteiger partial charge is 0.508 e. The Labute approximate surface area is 154 Å². The molecule has 134 valence electrons. The van der Waals surface area contributed by atoms with Gasteiger partial charge in [-0.2, -0.15) is 0 Å². The smallest absolute Gasteiger partial charge is 0.129 e. The van der Waals surface area contributed by atoms with Crippen LogP contribution in [0.25, 0.3) is 27.9 Å². The number of phenolic OH excluding ortho intramolecular Hbond substituents is 1. The van der Waals surface area contributed by atoms with Crippen LogP contribution >= 0.6 is 0 Å². The Balaban J connectivity index is 1.74. The van der Waals surface area contributed by atoms with Crippen LogP contribution in [0.15, 0.2) is 42.0 Å². The van der Waals surface area contributed by atoms with Gasteiger partial charge in [0.05, 0.1) is 11.0 Å². The number of hydrogen-bond donors (Lipinski definition) is 2. The van der Waals surface area contributed by atoms with E-state index >= 15 is 0 Å². The highest BCUT2D eigenvalue weighted by Crippen LogP contribution is 2.39. The van der Waals surface area contributed by atoms with Crippen LogP contribution in [0, 0.1) is 6.92 Å². The molecule has 0 amide bonds. The lowest BCUT2D eigenvalue weighted by molar-refractivity contribution is 0.129. The average Bonchev–Trinajstić information content (AvgIpc) is 2.89. The van der Waals surface area contributed by atoms with Crippen LogP contribution in [-0.2, 0) is 0 Å². The number of phenols is 1. The summed E-state index contributed by atoms with van der Waals surface area (Å²) >= 11 is 0. The summed E-state index contributed by atoms with van der Waals surface area (Å²) < 4.78 is 6.37. The van der Waals surface area contributed by atoms with Gasteiger partial charge in [0.1, 0.15) is 17.1 Å². The molecule has 1 aliphatic heterocycles. The van der Waals surface area contributed by atoms with Crippen molar-refractivity contribution in [3.63, 3.8) is 0 Å². The van der Waals surface area contributed by atoms with E-state index in [1.165, 1.54) is 5.57 Å². The molecule has 3 heteroatoms. The summed E-state index contributed by atoms with van der Waals surface area (Å²) in [7, 11) is 0. The monoisotopic (exact) mass is 347 g/mol. The molecule has 0 spiro atoms. The molecule has 0 saturated carbocycles. The predicted molar refractivity (Wildman–Crippen MR) is 109 cm³/mol. The molecule has 3 aromatic rings. The Morgan fingerprint density at radius 2 is 1.88 bits per heavy atom. The fraction of sp³-hybridized carbons (Fsp3) is 0.304. The molecular formula is C23H25NO2. The number of aromatic hydroxyl groups is 1. The van der Waals surface area contributed by atoms with E-state index in [-0.39, 0.29) is 5.60 Å². The maximum atomic E-state index is 9.98. The quantitative estimate of drug-likeness (QED) is 0.550. The van der Waals surface area contributed by atoms with E-state index in [0.29, 0.717) is 5.75 Å². The molecule has 0 radical (unpaired) electrons. The number of rotatable bonds is 3. The molecule has 26 heavy (non-hydrogen) atoms. The summed E-state index contributed by atoms with van der Waals surface area (Å²) in [6.07, 6.45) is 8.56. The van der Waals surface area contributed by atoms with E-state index < -0.39 is 0 Å². The van der Waals surface area contributed by atoms with Crippen molar-refractivity contribution >= 4 is 27.9 Å². The molecule has 0 bridgehead atoms. The zero-order valence-electron chi connectivity index (χ0n) is 15.8. The summed E-state index contributed by atoms with van der Waals surface area (Å²) in [6.45, 7) is 8.32. The van der Waals surface area contributed by atoms with Gasteiger partial charge in [0.2, 0.25) is 0 Å². The normalized spacial score (nSPS) is 18.8. The van der Waals surface area contributed by atoms with Crippen LogP contribution in [0.1, 0.15) is 44.7 Å². The molecule has 1 aliphatic rings. The molecule has 0 saturated heterocycles. The van der Waals surface area contributed by atoms with Gasteiger partial charge in [0.25, 0.3) is 0 Å². The van der Waals surface area contributed by atoms with Crippen molar-refractivity contribution in [2.75, 3.05) is 0 Å². The second-order valence-corrected chi connectivity index (χ2v) is 7.81. The van der Waals surface area contributed by atoms with Crippen molar-refractivity contribution in [2.45, 2.75) is 46.1 Å². The predicted octanol–water partition coefficient (Wildman–Crippen LogP) is 6.25. The number of benzene rings is 2. The topological polar surface area (TPSA) is 45.2 Å². The molecule has 3 nitrogen and oxygen atoms in total. The number of hydrogen-bond acceptors (Lipinski definition) is 2. The molecule has 2 aromatic carbocycles. The van der Waals surface area contributed by atoms with Gasteiger partial charge in [0.15, 0.2) is 0 Å².